The normalized spacial score (nSPS) is 16.4. The van der Waals surface area contributed by atoms with Crippen molar-refractivity contribution in [3.05, 3.63) is 87.1 Å². The molecule has 1 aliphatic rings. The molecule has 0 fully saturated rings. The minimum Gasteiger partial charge on any atom is -0.255 e. The zero-order valence-corrected chi connectivity index (χ0v) is 29.6. The lowest BCUT2D eigenvalue weighted by atomic mass is 9.60. The molecule has 2 heteroatoms. The van der Waals surface area contributed by atoms with E-state index in [1.807, 2.05) is 11.3 Å². The molecule has 0 bridgehead atoms. The van der Waals surface area contributed by atoms with Crippen molar-refractivity contribution in [2.45, 2.75) is 112 Å². The molecule has 2 heterocycles. The first-order valence-electron chi connectivity index (χ1n) is 16.4. The second-order valence-electron chi connectivity index (χ2n) is 16.0. The molecule has 0 saturated heterocycles. The van der Waals surface area contributed by atoms with Gasteiger partial charge in [0.15, 0.2) is 0 Å². The summed E-state index contributed by atoms with van der Waals surface area (Å²) in [6.45, 7) is 28.6. The second-order valence-corrected chi connectivity index (χ2v) is 17.1. The van der Waals surface area contributed by atoms with Crippen LogP contribution in [0.4, 0.5) is 0 Å². The third-order valence-electron chi connectivity index (χ3n) is 11.2. The van der Waals surface area contributed by atoms with Crippen LogP contribution in [-0.2, 0) is 16.2 Å². The van der Waals surface area contributed by atoms with Crippen LogP contribution in [0, 0.1) is 34.6 Å². The Morgan fingerprint density at radius 2 is 1.27 bits per heavy atom. The molecule has 6 aromatic rings. The zero-order valence-electron chi connectivity index (χ0n) is 28.8. The summed E-state index contributed by atoms with van der Waals surface area (Å²) in [6, 6.07) is 13.6. The number of pyridine rings is 1. The van der Waals surface area contributed by atoms with Crippen molar-refractivity contribution in [3.63, 3.8) is 0 Å². The molecule has 0 saturated carbocycles. The minimum atomic E-state index is 0.0303. The van der Waals surface area contributed by atoms with E-state index in [0.29, 0.717) is 0 Å². The highest BCUT2D eigenvalue weighted by molar-refractivity contribution is 7.27. The van der Waals surface area contributed by atoms with E-state index >= 15 is 0 Å². The molecule has 1 nitrogen and oxygen atoms in total. The standard InChI is InChI=1S/C42H47NS/c1-22-23(2)33-34-24(3)35-36(42(11,12)18-17-41(35,9)10)26(5)38(34)44-39(33)32-25(4)37(43-21-30(22)32)28-19-27-15-13-14-16-29(27)31(20-28)40(6,7)8/h13-16,19-21H,17-18H2,1-12H3. The van der Waals surface area contributed by atoms with Crippen LogP contribution >= 0.6 is 11.3 Å². The van der Waals surface area contributed by atoms with Gasteiger partial charge < -0.3 is 0 Å². The van der Waals surface area contributed by atoms with Gasteiger partial charge in [-0.05, 0) is 131 Å². The molecule has 0 unspecified atom stereocenters. The summed E-state index contributed by atoms with van der Waals surface area (Å²) in [5, 5.41) is 8.25. The van der Waals surface area contributed by atoms with Crippen LogP contribution in [-0.4, -0.2) is 4.98 Å². The maximum Gasteiger partial charge on any atom is 0.0738 e. The Labute approximate surface area is 267 Å². The van der Waals surface area contributed by atoms with E-state index in [1.54, 1.807) is 11.1 Å². The fraction of sp³-hybridized carbons (Fsp3) is 0.405. The summed E-state index contributed by atoms with van der Waals surface area (Å²) >= 11 is 2.03. The van der Waals surface area contributed by atoms with Crippen LogP contribution in [0.15, 0.2) is 42.6 Å². The average Bonchev–Trinajstić information content (AvgIpc) is 3.36. The van der Waals surface area contributed by atoms with Crippen LogP contribution in [0.25, 0.3) is 53.0 Å². The van der Waals surface area contributed by atoms with Crippen LogP contribution in [0.5, 0.6) is 0 Å². The lowest BCUT2D eigenvalue weighted by Gasteiger charge is -2.44. The van der Waals surface area contributed by atoms with Crippen molar-refractivity contribution in [2.24, 2.45) is 0 Å². The number of nitrogens with zero attached hydrogens (tertiary/aromatic N) is 1. The molecule has 4 aromatic carbocycles. The fourth-order valence-corrected chi connectivity index (χ4v) is 10.2. The van der Waals surface area contributed by atoms with Crippen molar-refractivity contribution in [3.8, 4) is 11.3 Å². The van der Waals surface area contributed by atoms with Crippen molar-refractivity contribution in [2.75, 3.05) is 0 Å². The van der Waals surface area contributed by atoms with E-state index in [9.17, 15) is 0 Å². The molecule has 2 aromatic heterocycles. The molecular weight excluding hydrogens is 551 g/mol. The number of thiophene rings is 1. The van der Waals surface area contributed by atoms with E-state index in [2.05, 4.69) is 126 Å². The van der Waals surface area contributed by atoms with Crippen molar-refractivity contribution < 1.29 is 0 Å². The smallest absolute Gasteiger partial charge is 0.0738 e. The minimum absolute atomic E-state index is 0.0303. The predicted molar refractivity (Wildman–Crippen MR) is 195 cm³/mol. The van der Waals surface area contributed by atoms with Crippen LogP contribution in [0.2, 0.25) is 0 Å². The third kappa shape index (κ3) is 3.99. The van der Waals surface area contributed by atoms with Crippen molar-refractivity contribution in [1.29, 1.82) is 0 Å². The van der Waals surface area contributed by atoms with Gasteiger partial charge in [-0.15, -0.1) is 11.3 Å². The number of hydrogen-bond acceptors (Lipinski definition) is 2. The Bertz CT molecular complexity index is 2200. The Morgan fingerprint density at radius 3 is 1.93 bits per heavy atom. The fourth-order valence-electron chi connectivity index (χ4n) is 8.70. The number of aryl methyl sites for hydroxylation is 5. The first-order valence-corrected chi connectivity index (χ1v) is 17.2. The first kappa shape index (κ1) is 29.5. The maximum absolute atomic E-state index is 5.21. The molecule has 0 N–H and O–H groups in total. The van der Waals surface area contributed by atoms with Crippen molar-refractivity contribution in [1.82, 2.24) is 4.98 Å². The summed E-state index contributed by atoms with van der Waals surface area (Å²) in [7, 11) is 0. The number of hydrogen-bond donors (Lipinski definition) is 0. The van der Waals surface area contributed by atoms with E-state index in [0.717, 1.165) is 5.69 Å². The Balaban J connectivity index is 1.62. The van der Waals surface area contributed by atoms with Gasteiger partial charge in [-0.1, -0.05) is 72.7 Å². The van der Waals surface area contributed by atoms with Gasteiger partial charge in [-0.2, -0.15) is 0 Å². The lowest BCUT2D eigenvalue weighted by molar-refractivity contribution is 0.330. The van der Waals surface area contributed by atoms with E-state index in [4.69, 9.17) is 4.98 Å². The van der Waals surface area contributed by atoms with Crippen LogP contribution in [0.3, 0.4) is 0 Å². The van der Waals surface area contributed by atoms with Gasteiger partial charge in [0, 0.05) is 42.7 Å². The van der Waals surface area contributed by atoms with Gasteiger partial charge in [-0.3, -0.25) is 4.98 Å². The molecule has 0 aliphatic heterocycles. The van der Waals surface area contributed by atoms with Gasteiger partial charge in [0.1, 0.15) is 0 Å². The first-order chi connectivity index (χ1) is 20.5. The Morgan fingerprint density at radius 1 is 0.659 bits per heavy atom. The van der Waals surface area contributed by atoms with Gasteiger partial charge in [0.2, 0.25) is 0 Å². The number of fused-ring (bicyclic) bond motifs is 7. The average molecular weight is 598 g/mol. The molecular formula is C42H47NS. The molecule has 0 radical (unpaired) electrons. The van der Waals surface area contributed by atoms with E-state index in [1.165, 1.54) is 93.5 Å². The monoisotopic (exact) mass is 597 g/mol. The largest absolute Gasteiger partial charge is 0.255 e. The number of rotatable bonds is 1. The van der Waals surface area contributed by atoms with Gasteiger partial charge in [-0.25, -0.2) is 0 Å². The highest BCUT2D eigenvalue weighted by Crippen LogP contribution is 2.54. The summed E-state index contributed by atoms with van der Waals surface area (Å²) in [6.07, 6.45) is 4.63. The highest BCUT2D eigenvalue weighted by Gasteiger charge is 2.40. The van der Waals surface area contributed by atoms with E-state index in [-0.39, 0.29) is 16.2 Å². The number of benzene rings is 4. The summed E-state index contributed by atoms with van der Waals surface area (Å²) in [4.78, 5) is 5.21. The lowest BCUT2D eigenvalue weighted by Crippen LogP contribution is -2.35. The summed E-state index contributed by atoms with van der Waals surface area (Å²) < 4.78 is 2.91. The van der Waals surface area contributed by atoms with Gasteiger partial charge in [0.05, 0.1) is 5.69 Å². The maximum atomic E-state index is 5.21. The predicted octanol–water partition coefficient (Wildman–Crippen LogP) is 12.6. The molecule has 44 heavy (non-hydrogen) atoms. The number of aromatic nitrogens is 1. The molecule has 226 valence electrons. The highest BCUT2D eigenvalue weighted by atomic mass is 32.1. The van der Waals surface area contributed by atoms with Gasteiger partial charge >= 0.3 is 0 Å². The topological polar surface area (TPSA) is 12.9 Å². The molecule has 0 spiro atoms. The second kappa shape index (κ2) is 9.39. The quantitative estimate of drug-likeness (QED) is 0.184. The molecule has 7 rings (SSSR count). The zero-order chi connectivity index (χ0) is 31.7. The Kier molecular flexibility index (Phi) is 6.29. The summed E-state index contributed by atoms with van der Waals surface area (Å²) in [5.41, 5.74) is 14.4. The van der Waals surface area contributed by atoms with Crippen molar-refractivity contribution >= 4 is 53.1 Å². The molecule has 0 amide bonds. The molecule has 1 aliphatic carbocycles. The van der Waals surface area contributed by atoms with E-state index < -0.39 is 0 Å². The SMILES string of the molecule is Cc1c(C)c2c(sc3c(C)c4c(c(C)c32)C(C)(C)CCC4(C)C)c2c(C)c(-c3cc(C(C)(C)C)c4ccccc4c3)ncc12. The Hall–Kier alpha value is -3.23. The van der Waals surface area contributed by atoms with Gasteiger partial charge in [0.25, 0.3) is 0 Å². The van der Waals surface area contributed by atoms with Crippen LogP contribution < -0.4 is 0 Å². The van der Waals surface area contributed by atoms with Crippen LogP contribution in [0.1, 0.15) is 106 Å². The molecule has 0 atom stereocenters. The summed E-state index contributed by atoms with van der Waals surface area (Å²) in [5.74, 6) is 0. The third-order valence-corrected chi connectivity index (χ3v) is 12.5.